The van der Waals surface area contributed by atoms with E-state index < -0.39 is 36.2 Å². The van der Waals surface area contributed by atoms with Crippen LogP contribution >= 0.6 is 0 Å². The van der Waals surface area contributed by atoms with Gasteiger partial charge < -0.3 is 20.1 Å². The quantitative estimate of drug-likeness (QED) is 0.724. The fourth-order valence-corrected chi connectivity index (χ4v) is 2.13. The first kappa shape index (κ1) is 19.9. The molecule has 0 heterocycles. The highest BCUT2D eigenvalue weighted by Crippen LogP contribution is 2.17. The smallest absolute Gasteiger partial charge is 0.326 e. The van der Waals surface area contributed by atoms with E-state index in [0.29, 0.717) is 11.4 Å². The van der Waals surface area contributed by atoms with Gasteiger partial charge in [0.05, 0.1) is 12.7 Å². The summed E-state index contributed by atoms with van der Waals surface area (Å²) in [5.74, 6) is -2.26. The van der Waals surface area contributed by atoms with Crippen molar-refractivity contribution in [3.8, 4) is 5.75 Å². The zero-order valence-electron chi connectivity index (χ0n) is 14.8. The molecule has 2 N–H and O–H groups in total. The van der Waals surface area contributed by atoms with Crippen LogP contribution in [0.3, 0.4) is 0 Å². The van der Waals surface area contributed by atoms with Gasteiger partial charge >= 0.3 is 5.97 Å². The summed E-state index contributed by atoms with van der Waals surface area (Å²) in [5.41, 5.74) is 0.296. The molecule has 0 aliphatic heterocycles. The van der Waals surface area contributed by atoms with Crippen molar-refractivity contribution in [3.05, 3.63) is 59.9 Å². The van der Waals surface area contributed by atoms with Crippen LogP contribution in [-0.4, -0.2) is 37.5 Å². The Kier molecular flexibility index (Phi) is 6.87. The predicted molar refractivity (Wildman–Crippen MR) is 95.9 cm³/mol. The fourth-order valence-electron chi connectivity index (χ4n) is 2.13. The Morgan fingerprint density at radius 3 is 2.56 bits per heavy atom. The number of carbonyl (C=O) groups excluding carboxylic acids is 3. The summed E-state index contributed by atoms with van der Waals surface area (Å²) in [5, 5.41) is 4.83. The van der Waals surface area contributed by atoms with E-state index in [4.69, 9.17) is 9.47 Å². The van der Waals surface area contributed by atoms with Crippen LogP contribution in [0, 0.1) is 5.82 Å². The van der Waals surface area contributed by atoms with Gasteiger partial charge in [-0.05, 0) is 31.2 Å². The van der Waals surface area contributed by atoms with E-state index in [1.807, 2.05) is 0 Å². The van der Waals surface area contributed by atoms with Crippen molar-refractivity contribution in [2.75, 3.05) is 19.0 Å². The highest BCUT2D eigenvalue weighted by Gasteiger charge is 2.19. The molecule has 0 bridgehead atoms. The molecule has 0 saturated heterocycles. The monoisotopic (exact) mass is 374 g/mol. The number of anilines is 1. The number of methoxy groups -OCH3 is 1. The van der Waals surface area contributed by atoms with Crippen LogP contribution in [0.2, 0.25) is 0 Å². The van der Waals surface area contributed by atoms with Crippen LogP contribution in [0.4, 0.5) is 10.1 Å². The summed E-state index contributed by atoms with van der Waals surface area (Å²) in [7, 11) is 1.50. The Hall–Kier alpha value is -3.42. The van der Waals surface area contributed by atoms with E-state index >= 15 is 0 Å². The minimum Gasteiger partial charge on any atom is -0.497 e. The Labute approximate surface area is 155 Å². The predicted octanol–water partition coefficient (Wildman–Crippen LogP) is 2.13. The molecule has 0 aliphatic rings. The van der Waals surface area contributed by atoms with Crippen molar-refractivity contribution >= 4 is 23.5 Å². The highest BCUT2D eigenvalue weighted by atomic mass is 19.1. The van der Waals surface area contributed by atoms with Crippen molar-refractivity contribution in [2.45, 2.75) is 13.0 Å². The maximum absolute atomic E-state index is 13.5. The third-order valence-electron chi connectivity index (χ3n) is 3.53. The second kappa shape index (κ2) is 9.33. The molecule has 0 radical (unpaired) electrons. The van der Waals surface area contributed by atoms with E-state index in [2.05, 4.69) is 10.6 Å². The third kappa shape index (κ3) is 5.81. The number of nitrogens with one attached hydrogen (secondary N) is 2. The van der Waals surface area contributed by atoms with E-state index in [0.717, 1.165) is 6.07 Å². The first-order chi connectivity index (χ1) is 12.9. The molecule has 27 heavy (non-hydrogen) atoms. The summed E-state index contributed by atoms with van der Waals surface area (Å²) >= 11 is 0. The Morgan fingerprint density at radius 2 is 1.85 bits per heavy atom. The number of carbonyl (C=O) groups is 3. The number of halogens is 1. The number of esters is 1. The molecule has 0 saturated carbocycles. The summed E-state index contributed by atoms with van der Waals surface area (Å²) in [4.78, 5) is 35.7. The zero-order chi connectivity index (χ0) is 19.8. The van der Waals surface area contributed by atoms with E-state index in [1.54, 1.807) is 24.3 Å². The Bertz CT molecular complexity index is 840. The van der Waals surface area contributed by atoms with Crippen LogP contribution < -0.4 is 15.4 Å². The molecule has 0 fully saturated rings. The number of amides is 2. The van der Waals surface area contributed by atoms with Crippen molar-refractivity contribution in [3.63, 3.8) is 0 Å². The third-order valence-corrected chi connectivity index (χ3v) is 3.53. The number of ether oxygens (including phenoxy) is 2. The summed E-state index contributed by atoms with van der Waals surface area (Å²) < 4.78 is 23.5. The van der Waals surface area contributed by atoms with Gasteiger partial charge in [-0.2, -0.15) is 0 Å². The number of hydrogen-bond acceptors (Lipinski definition) is 5. The van der Waals surface area contributed by atoms with Crippen molar-refractivity contribution in [2.24, 2.45) is 0 Å². The first-order valence-corrected chi connectivity index (χ1v) is 8.08. The molecule has 8 heteroatoms. The molecule has 1 atom stereocenters. The SMILES string of the molecule is COc1cccc(NC(=O)[C@@H](C)OC(=O)CNC(=O)c2ccccc2F)c1. The van der Waals surface area contributed by atoms with Crippen LogP contribution in [0.1, 0.15) is 17.3 Å². The molecular formula is C19H19FN2O5. The van der Waals surface area contributed by atoms with Gasteiger partial charge in [0.1, 0.15) is 18.1 Å². The zero-order valence-corrected chi connectivity index (χ0v) is 14.8. The maximum Gasteiger partial charge on any atom is 0.326 e. The lowest BCUT2D eigenvalue weighted by molar-refractivity contribution is -0.152. The molecule has 2 aromatic carbocycles. The largest absolute Gasteiger partial charge is 0.497 e. The molecule has 0 aliphatic carbocycles. The molecule has 2 rings (SSSR count). The molecule has 2 aromatic rings. The van der Waals surface area contributed by atoms with Crippen molar-refractivity contribution < 1.29 is 28.2 Å². The number of benzene rings is 2. The standard InChI is InChI=1S/C19H19FN2O5/c1-12(18(24)22-13-6-5-7-14(10-13)26-2)27-17(23)11-21-19(25)15-8-3-4-9-16(15)20/h3-10,12H,11H2,1-2H3,(H,21,25)(H,22,24)/t12-/m1/s1. The topological polar surface area (TPSA) is 93.7 Å². The van der Waals surface area contributed by atoms with E-state index in [-0.39, 0.29) is 5.56 Å². The lowest BCUT2D eigenvalue weighted by Crippen LogP contribution is -2.36. The van der Waals surface area contributed by atoms with E-state index in [9.17, 15) is 18.8 Å². The molecule has 7 nitrogen and oxygen atoms in total. The van der Waals surface area contributed by atoms with Gasteiger partial charge in [-0.1, -0.05) is 18.2 Å². The molecular weight excluding hydrogens is 355 g/mol. The summed E-state index contributed by atoms with van der Waals surface area (Å²) in [6.45, 7) is 0.899. The maximum atomic E-state index is 13.5. The number of hydrogen-bond donors (Lipinski definition) is 2. The minimum atomic E-state index is -1.09. The lowest BCUT2D eigenvalue weighted by Gasteiger charge is -2.14. The first-order valence-electron chi connectivity index (χ1n) is 8.08. The van der Waals surface area contributed by atoms with Gasteiger partial charge in [0.2, 0.25) is 0 Å². The summed E-state index contributed by atoms with van der Waals surface area (Å²) in [6, 6.07) is 12.1. The normalized spacial score (nSPS) is 11.2. The second-order valence-corrected chi connectivity index (χ2v) is 5.52. The van der Waals surface area contributed by atoms with Gasteiger partial charge in [-0.3, -0.25) is 14.4 Å². The molecule has 2 amide bonds. The Morgan fingerprint density at radius 1 is 1.11 bits per heavy atom. The lowest BCUT2D eigenvalue weighted by atomic mass is 10.2. The van der Waals surface area contributed by atoms with Crippen molar-refractivity contribution in [1.82, 2.24) is 5.32 Å². The molecule has 0 spiro atoms. The average molecular weight is 374 g/mol. The second-order valence-electron chi connectivity index (χ2n) is 5.52. The average Bonchev–Trinajstić information content (AvgIpc) is 2.66. The summed E-state index contributed by atoms with van der Waals surface area (Å²) in [6.07, 6.45) is -1.09. The minimum absolute atomic E-state index is 0.186. The van der Waals surface area contributed by atoms with Crippen molar-refractivity contribution in [1.29, 1.82) is 0 Å². The van der Waals surface area contributed by atoms with Gasteiger partial charge in [-0.25, -0.2) is 4.39 Å². The fraction of sp³-hybridized carbons (Fsp3) is 0.211. The van der Waals surface area contributed by atoms with Gasteiger partial charge in [0, 0.05) is 11.8 Å². The van der Waals surface area contributed by atoms with Crippen LogP contribution in [0.5, 0.6) is 5.75 Å². The molecule has 0 aromatic heterocycles. The van der Waals surface area contributed by atoms with Gasteiger partial charge in [0.25, 0.3) is 11.8 Å². The van der Waals surface area contributed by atoms with Crippen LogP contribution in [-0.2, 0) is 14.3 Å². The van der Waals surface area contributed by atoms with Gasteiger partial charge in [0.15, 0.2) is 6.10 Å². The highest BCUT2D eigenvalue weighted by molar-refractivity contribution is 5.97. The Balaban J connectivity index is 1.83. The van der Waals surface area contributed by atoms with Crippen LogP contribution in [0.25, 0.3) is 0 Å². The molecule has 142 valence electrons. The number of rotatable bonds is 7. The van der Waals surface area contributed by atoms with Crippen LogP contribution in [0.15, 0.2) is 48.5 Å². The van der Waals surface area contributed by atoms with Gasteiger partial charge in [-0.15, -0.1) is 0 Å². The molecule has 0 unspecified atom stereocenters. The van der Waals surface area contributed by atoms with E-state index in [1.165, 1.54) is 32.2 Å².